The minimum atomic E-state index is -5.01. The molecule has 1 aliphatic carbocycles. The highest BCUT2D eigenvalue weighted by Gasteiger charge is 2.68. The monoisotopic (exact) mass is 427 g/mol. The van der Waals surface area contributed by atoms with E-state index >= 15 is 0 Å². The fraction of sp³-hybridized carbons (Fsp3) is 0.389. The van der Waals surface area contributed by atoms with Gasteiger partial charge in [0.15, 0.2) is 5.69 Å². The van der Waals surface area contributed by atoms with Crippen molar-refractivity contribution in [2.75, 3.05) is 19.2 Å². The normalized spacial score (nSPS) is 23.3. The highest BCUT2D eigenvalue weighted by atomic mass is 32.1. The van der Waals surface area contributed by atoms with Gasteiger partial charge in [0, 0.05) is 10.9 Å². The number of aliphatic hydroxyl groups is 1. The minimum Gasteiger partial charge on any atom is -0.497 e. The predicted octanol–water partition coefficient (Wildman–Crippen LogP) is 2.98. The average molecular weight is 427 g/mol. The van der Waals surface area contributed by atoms with E-state index in [2.05, 4.69) is 14.8 Å². The van der Waals surface area contributed by atoms with Crippen LogP contribution < -0.4 is 9.75 Å². The number of hydrazone groups is 1. The summed E-state index contributed by atoms with van der Waals surface area (Å²) in [7, 11) is 2.65. The Labute approximate surface area is 167 Å². The second-order valence-corrected chi connectivity index (χ2v) is 7.48. The lowest BCUT2D eigenvalue weighted by Gasteiger charge is -2.38. The zero-order valence-corrected chi connectivity index (χ0v) is 16.2. The van der Waals surface area contributed by atoms with Crippen LogP contribution in [0.15, 0.2) is 28.7 Å². The number of benzene rings is 1. The topological polar surface area (TPSA) is 84.2 Å². The van der Waals surface area contributed by atoms with Crippen LogP contribution in [0.3, 0.4) is 0 Å². The number of hydrogen-bond acceptors (Lipinski definition) is 8. The number of nitrogens with zero attached hydrogens (tertiary/aromatic N) is 3. The number of fused-ring (bicyclic) bond motifs is 3. The largest absolute Gasteiger partial charge is 0.497 e. The molecule has 4 rings (SSSR count). The van der Waals surface area contributed by atoms with Crippen LogP contribution in [0.5, 0.6) is 5.75 Å². The van der Waals surface area contributed by atoms with E-state index in [0.29, 0.717) is 22.7 Å². The molecule has 11 heteroatoms. The summed E-state index contributed by atoms with van der Waals surface area (Å²) in [6.45, 7) is 0. The summed E-state index contributed by atoms with van der Waals surface area (Å²) in [5.41, 5.74) is -1.98. The fourth-order valence-electron chi connectivity index (χ4n) is 3.69. The predicted molar refractivity (Wildman–Crippen MR) is 98.3 cm³/mol. The number of aryl methyl sites for hydroxylation is 1. The van der Waals surface area contributed by atoms with Gasteiger partial charge in [-0.2, -0.15) is 23.3 Å². The summed E-state index contributed by atoms with van der Waals surface area (Å²) < 4.78 is 52.0. The van der Waals surface area contributed by atoms with Crippen LogP contribution in [0.4, 0.5) is 18.3 Å². The van der Waals surface area contributed by atoms with Gasteiger partial charge in [0.2, 0.25) is 5.13 Å². The Balaban J connectivity index is 1.84. The standard InChI is InChI=1S/C18H16F3N3O4S/c1-27-10-4-5-11-9(7-10)3-6-12-14(11)23-24(17(12,26)18(19,20)21)16-22-13(8-29-16)15(25)28-2/h4-5,7-8,12,26H,3,6H2,1-2H3. The van der Waals surface area contributed by atoms with Crippen LogP contribution in [0, 0.1) is 5.92 Å². The SMILES string of the molecule is COC(=O)c1csc(N2N=C3c4ccc(OC)cc4CCC3C2(O)C(F)(F)F)n1. The van der Waals surface area contributed by atoms with Gasteiger partial charge < -0.3 is 14.6 Å². The number of rotatable bonds is 3. The van der Waals surface area contributed by atoms with E-state index < -0.39 is 23.8 Å². The van der Waals surface area contributed by atoms with Crippen molar-refractivity contribution in [3.8, 4) is 5.75 Å². The summed E-state index contributed by atoms with van der Waals surface area (Å²) in [5, 5.41) is 16.5. The summed E-state index contributed by atoms with van der Waals surface area (Å²) in [4.78, 5) is 15.5. The van der Waals surface area contributed by atoms with E-state index in [0.717, 1.165) is 24.0 Å². The lowest BCUT2D eigenvalue weighted by molar-refractivity contribution is -0.268. The van der Waals surface area contributed by atoms with Gasteiger partial charge in [-0.25, -0.2) is 9.78 Å². The first-order chi connectivity index (χ1) is 13.7. The lowest BCUT2D eigenvalue weighted by Crippen LogP contribution is -2.60. The number of alkyl halides is 3. The van der Waals surface area contributed by atoms with Crippen molar-refractivity contribution in [3.05, 3.63) is 40.4 Å². The van der Waals surface area contributed by atoms with E-state index in [4.69, 9.17) is 4.74 Å². The molecule has 0 radical (unpaired) electrons. The zero-order valence-electron chi connectivity index (χ0n) is 15.4. The van der Waals surface area contributed by atoms with Gasteiger partial charge in [0.1, 0.15) is 5.75 Å². The molecule has 2 atom stereocenters. The molecule has 2 unspecified atom stereocenters. The molecule has 0 bridgehead atoms. The van der Waals surface area contributed by atoms with Crippen LogP contribution >= 0.6 is 11.3 Å². The van der Waals surface area contributed by atoms with Gasteiger partial charge >= 0.3 is 12.1 Å². The Morgan fingerprint density at radius 2 is 2.14 bits per heavy atom. The van der Waals surface area contributed by atoms with Crippen molar-refractivity contribution in [3.63, 3.8) is 0 Å². The number of ether oxygens (including phenoxy) is 2. The van der Waals surface area contributed by atoms with Crippen LogP contribution in [0.1, 0.15) is 28.0 Å². The third-order valence-corrected chi connectivity index (χ3v) is 5.94. The van der Waals surface area contributed by atoms with Crippen molar-refractivity contribution in [2.45, 2.75) is 24.7 Å². The van der Waals surface area contributed by atoms with E-state index in [1.54, 1.807) is 18.2 Å². The third kappa shape index (κ3) is 2.87. The van der Waals surface area contributed by atoms with Crippen LogP contribution in [-0.2, 0) is 11.2 Å². The molecule has 2 heterocycles. The smallest absolute Gasteiger partial charge is 0.439 e. The molecule has 1 aliphatic heterocycles. The van der Waals surface area contributed by atoms with Gasteiger partial charge in [0.05, 0.1) is 25.8 Å². The summed E-state index contributed by atoms with van der Waals surface area (Å²) in [5.74, 6) is -1.50. The zero-order chi connectivity index (χ0) is 21.0. The molecule has 1 N–H and O–H groups in total. The number of halogens is 3. The first-order valence-electron chi connectivity index (χ1n) is 8.59. The van der Waals surface area contributed by atoms with Gasteiger partial charge in [-0.1, -0.05) is 0 Å². The first-order valence-corrected chi connectivity index (χ1v) is 9.47. The quantitative estimate of drug-likeness (QED) is 0.759. The Hall–Kier alpha value is -2.66. The van der Waals surface area contributed by atoms with E-state index in [-0.39, 0.29) is 23.0 Å². The summed E-state index contributed by atoms with van der Waals surface area (Å²) >= 11 is 0.769. The number of thiazole rings is 1. The van der Waals surface area contributed by atoms with E-state index in [9.17, 15) is 23.1 Å². The minimum absolute atomic E-state index is 0.0424. The van der Waals surface area contributed by atoms with Crippen molar-refractivity contribution in [1.29, 1.82) is 0 Å². The molecule has 0 saturated carbocycles. The van der Waals surface area contributed by atoms with Gasteiger partial charge in [-0.15, -0.1) is 11.3 Å². The fourth-order valence-corrected chi connectivity index (χ4v) is 4.49. The van der Waals surface area contributed by atoms with E-state index in [1.807, 2.05) is 0 Å². The summed E-state index contributed by atoms with van der Waals surface area (Å²) in [6.07, 6.45) is -4.64. The molecule has 1 aromatic heterocycles. The van der Waals surface area contributed by atoms with Crippen LogP contribution in [0.2, 0.25) is 0 Å². The Kier molecular flexibility index (Phi) is 4.54. The molecule has 29 heavy (non-hydrogen) atoms. The highest BCUT2D eigenvalue weighted by molar-refractivity contribution is 7.14. The van der Waals surface area contributed by atoms with E-state index in [1.165, 1.54) is 12.5 Å². The van der Waals surface area contributed by atoms with Gasteiger partial charge in [0.25, 0.3) is 5.72 Å². The maximum Gasteiger partial charge on any atom is 0.439 e. The molecule has 1 aromatic carbocycles. The maximum atomic E-state index is 14.1. The number of hydrogen-bond donors (Lipinski definition) is 1. The molecule has 0 amide bonds. The second-order valence-electron chi connectivity index (χ2n) is 6.64. The number of methoxy groups -OCH3 is 2. The molecule has 2 aliphatic rings. The van der Waals surface area contributed by atoms with Gasteiger partial charge in [-0.3, -0.25) is 0 Å². The Morgan fingerprint density at radius 1 is 1.38 bits per heavy atom. The number of carbonyl (C=O) groups is 1. The molecule has 0 fully saturated rings. The van der Waals surface area contributed by atoms with Crippen molar-refractivity contribution in [1.82, 2.24) is 4.98 Å². The van der Waals surface area contributed by atoms with Gasteiger partial charge in [-0.05, 0) is 36.6 Å². The maximum absolute atomic E-state index is 14.1. The average Bonchev–Trinajstić information content (AvgIpc) is 3.30. The second kappa shape index (κ2) is 6.70. The molecular formula is C18H16F3N3O4S. The van der Waals surface area contributed by atoms with Crippen molar-refractivity contribution >= 4 is 28.1 Å². The first kappa shape index (κ1) is 19.6. The summed E-state index contributed by atoms with van der Waals surface area (Å²) in [6, 6.07) is 5.03. The molecule has 154 valence electrons. The molecule has 7 nitrogen and oxygen atoms in total. The molecule has 0 saturated heterocycles. The third-order valence-electron chi connectivity index (χ3n) is 5.12. The number of anilines is 1. The Bertz CT molecular complexity index is 1010. The number of carbonyl (C=O) groups excluding carboxylic acids is 1. The highest BCUT2D eigenvalue weighted by Crippen LogP contribution is 2.50. The number of aromatic nitrogens is 1. The molecule has 2 aromatic rings. The molecule has 0 spiro atoms. The van der Waals surface area contributed by atoms with Crippen LogP contribution in [-0.4, -0.2) is 47.9 Å². The Morgan fingerprint density at radius 3 is 2.79 bits per heavy atom. The van der Waals surface area contributed by atoms with Crippen molar-refractivity contribution < 1.29 is 32.5 Å². The number of esters is 1. The van der Waals surface area contributed by atoms with Crippen molar-refractivity contribution in [2.24, 2.45) is 11.0 Å². The van der Waals surface area contributed by atoms with Crippen LogP contribution in [0.25, 0.3) is 0 Å². The molecular weight excluding hydrogens is 411 g/mol. The lowest BCUT2D eigenvalue weighted by atomic mass is 9.77.